The minimum atomic E-state index is -0.324. The minimum absolute atomic E-state index is 0.0486. The number of carbonyl (C=O) groups excluding carboxylic acids is 1. The smallest absolute Gasteiger partial charge is 0.250 e. The largest absolute Gasteiger partial charge is 0.398 e. The van der Waals surface area contributed by atoms with E-state index in [1.54, 1.807) is 23.9 Å². The van der Waals surface area contributed by atoms with Crippen LogP contribution in [0.15, 0.2) is 23.1 Å². The average molecular weight is 278 g/mol. The number of hydrogen-bond donors (Lipinski definition) is 2. The highest BCUT2D eigenvalue weighted by atomic mass is 16.2. The molecule has 1 unspecified atom stereocenters. The van der Waals surface area contributed by atoms with Gasteiger partial charge in [0.1, 0.15) is 0 Å². The Hall–Kier alpha value is -1.82. The van der Waals surface area contributed by atoms with Crippen LogP contribution in [0.3, 0.4) is 0 Å². The van der Waals surface area contributed by atoms with Crippen molar-refractivity contribution in [1.29, 1.82) is 0 Å². The molecule has 6 nitrogen and oxygen atoms in total. The summed E-state index contributed by atoms with van der Waals surface area (Å²) >= 11 is 0. The van der Waals surface area contributed by atoms with Gasteiger partial charge >= 0.3 is 0 Å². The maximum atomic E-state index is 11.8. The number of rotatable bonds is 4. The fourth-order valence-electron chi connectivity index (χ4n) is 2.71. The second-order valence-electron chi connectivity index (χ2n) is 5.66. The normalized spacial score (nSPS) is 22.9. The van der Waals surface area contributed by atoms with Gasteiger partial charge < -0.3 is 20.5 Å². The predicted molar refractivity (Wildman–Crippen MR) is 78.3 cm³/mol. The van der Waals surface area contributed by atoms with E-state index >= 15 is 0 Å². The van der Waals surface area contributed by atoms with Crippen molar-refractivity contribution in [1.82, 2.24) is 14.8 Å². The van der Waals surface area contributed by atoms with Crippen LogP contribution in [0.25, 0.3) is 0 Å². The summed E-state index contributed by atoms with van der Waals surface area (Å²) in [6, 6.07) is 3.09. The van der Waals surface area contributed by atoms with E-state index in [2.05, 4.69) is 10.2 Å². The molecular weight excluding hydrogens is 256 g/mol. The first-order valence-corrected chi connectivity index (χ1v) is 6.85. The molecule has 3 N–H and O–H groups in total. The molecule has 6 heteroatoms. The number of nitrogens with zero attached hydrogens (tertiary/aromatic N) is 2. The first-order valence-electron chi connectivity index (χ1n) is 6.85. The number of amides is 1. The summed E-state index contributed by atoms with van der Waals surface area (Å²) in [6.07, 6.45) is 2.51. The van der Waals surface area contributed by atoms with Crippen LogP contribution in [0.4, 0.5) is 5.69 Å². The van der Waals surface area contributed by atoms with Crippen LogP contribution in [0, 0.1) is 5.41 Å². The van der Waals surface area contributed by atoms with E-state index in [0.717, 1.165) is 26.1 Å². The monoisotopic (exact) mass is 278 g/mol. The highest BCUT2D eigenvalue weighted by Crippen LogP contribution is 2.29. The average Bonchev–Trinajstić information content (AvgIpc) is 2.82. The van der Waals surface area contributed by atoms with Crippen LogP contribution in [-0.2, 0) is 11.3 Å². The van der Waals surface area contributed by atoms with Gasteiger partial charge in [-0.1, -0.05) is 0 Å². The van der Waals surface area contributed by atoms with Gasteiger partial charge in [-0.05, 0) is 26.0 Å². The minimum Gasteiger partial charge on any atom is -0.398 e. The van der Waals surface area contributed by atoms with Crippen molar-refractivity contribution in [2.45, 2.75) is 19.9 Å². The number of likely N-dealkylation sites (tertiary alicyclic amines) is 1. The zero-order valence-corrected chi connectivity index (χ0v) is 12.1. The van der Waals surface area contributed by atoms with Gasteiger partial charge in [0, 0.05) is 44.6 Å². The van der Waals surface area contributed by atoms with E-state index in [9.17, 15) is 9.59 Å². The number of nitrogens with two attached hydrogens (primary N) is 1. The molecule has 20 heavy (non-hydrogen) atoms. The Morgan fingerprint density at radius 2 is 2.20 bits per heavy atom. The van der Waals surface area contributed by atoms with Crippen molar-refractivity contribution in [2.24, 2.45) is 5.41 Å². The summed E-state index contributed by atoms with van der Waals surface area (Å²) in [5.74, 6) is 0.0844. The first-order chi connectivity index (χ1) is 9.44. The number of anilines is 1. The quantitative estimate of drug-likeness (QED) is 0.805. The van der Waals surface area contributed by atoms with Gasteiger partial charge in [-0.2, -0.15) is 0 Å². The van der Waals surface area contributed by atoms with E-state index in [0.29, 0.717) is 12.2 Å². The molecule has 0 aromatic carbocycles. The third kappa shape index (κ3) is 3.01. The lowest BCUT2D eigenvalue weighted by Gasteiger charge is -2.23. The standard InChI is InChI=1S/C14H22N4O2/c1-14(13(20)16-2)5-6-17(10-14)7-8-18-9-11(15)3-4-12(18)19/h3-4,9H,5-8,10,15H2,1-2H3,(H,16,20). The molecule has 0 bridgehead atoms. The molecule has 2 rings (SSSR count). The molecule has 2 heterocycles. The summed E-state index contributed by atoms with van der Waals surface area (Å²) in [5, 5.41) is 2.72. The van der Waals surface area contributed by atoms with Gasteiger partial charge in [0.05, 0.1) is 5.41 Å². The molecule has 0 saturated carbocycles. The maximum Gasteiger partial charge on any atom is 0.250 e. The molecule has 1 atom stereocenters. The SMILES string of the molecule is CNC(=O)C1(C)CCN(CCn2cc(N)ccc2=O)C1. The number of nitrogen functional groups attached to an aromatic ring is 1. The molecule has 110 valence electrons. The molecule has 0 spiro atoms. The third-order valence-electron chi connectivity index (χ3n) is 3.99. The zero-order valence-electron chi connectivity index (χ0n) is 12.1. The van der Waals surface area contributed by atoms with Crippen molar-refractivity contribution in [3.63, 3.8) is 0 Å². The van der Waals surface area contributed by atoms with Crippen LogP contribution in [0.1, 0.15) is 13.3 Å². The predicted octanol–water partition coefficient (Wildman–Crippen LogP) is -0.111. The molecule has 1 aromatic heterocycles. The van der Waals surface area contributed by atoms with Crippen LogP contribution in [0.5, 0.6) is 0 Å². The Kier molecular flexibility index (Phi) is 4.13. The summed E-state index contributed by atoms with van der Waals surface area (Å²) in [6.45, 7) is 4.92. The Morgan fingerprint density at radius 3 is 2.90 bits per heavy atom. The lowest BCUT2D eigenvalue weighted by Crippen LogP contribution is -2.39. The molecular formula is C14H22N4O2. The Bertz CT molecular complexity index is 554. The van der Waals surface area contributed by atoms with Gasteiger partial charge in [-0.3, -0.25) is 9.59 Å². The van der Waals surface area contributed by atoms with Crippen LogP contribution in [-0.4, -0.2) is 42.1 Å². The third-order valence-corrected chi connectivity index (χ3v) is 3.99. The topological polar surface area (TPSA) is 80.4 Å². The van der Waals surface area contributed by atoms with E-state index in [4.69, 9.17) is 5.73 Å². The maximum absolute atomic E-state index is 11.8. The molecule has 1 saturated heterocycles. The van der Waals surface area contributed by atoms with E-state index < -0.39 is 0 Å². The molecule has 1 aliphatic rings. The van der Waals surface area contributed by atoms with Gasteiger partial charge in [0.2, 0.25) is 5.91 Å². The van der Waals surface area contributed by atoms with Crippen molar-refractivity contribution >= 4 is 11.6 Å². The summed E-state index contributed by atoms with van der Waals surface area (Å²) in [7, 11) is 1.67. The van der Waals surface area contributed by atoms with E-state index in [-0.39, 0.29) is 16.9 Å². The molecule has 0 aliphatic carbocycles. The Balaban J connectivity index is 1.95. The van der Waals surface area contributed by atoms with Crippen molar-refractivity contribution in [2.75, 3.05) is 32.4 Å². The number of carbonyl (C=O) groups is 1. The van der Waals surface area contributed by atoms with Gasteiger partial charge in [-0.25, -0.2) is 0 Å². The summed E-state index contributed by atoms with van der Waals surface area (Å²) < 4.78 is 1.62. The van der Waals surface area contributed by atoms with Crippen LogP contribution >= 0.6 is 0 Å². The molecule has 1 aromatic rings. The Morgan fingerprint density at radius 1 is 1.45 bits per heavy atom. The molecule has 1 aliphatic heterocycles. The number of aromatic nitrogens is 1. The van der Waals surface area contributed by atoms with Crippen molar-refractivity contribution in [3.8, 4) is 0 Å². The summed E-state index contributed by atoms with van der Waals surface area (Å²) in [4.78, 5) is 25.7. The van der Waals surface area contributed by atoms with Crippen molar-refractivity contribution in [3.05, 3.63) is 28.7 Å². The van der Waals surface area contributed by atoms with E-state index in [1.807, 2.05) is 6.92 Å². The number of nitrogens with one attached hydrogen (secondary N) is 1. The fourth-order valence-corrected chi connectivity index (χ4v) is 2.71. The highest BCUT2D eigenvalue weighted by molar-refractivity contribution is 5.82. The second-order valence-corrected chi connectivity index (χ2v) is 5.66. The molecule has 0 radical (unpaired) electrons. The highest BCUT2D eigenvalue weighted by Gasteiger charge is 2.39. The number of pyridine rings is 1. The van der Waals surface area contributed by atoms with Crippen molar-refractivity contribution < 1.29 is 4.79 Å². The lowest BCUT2D eigenvalue weighted by atomic mass is 9.89. The van der Waals surface area contributed by atoms with Crippen LogP contribution < -0.4 is 16.6 Å². The van der Waals surface area contributed by atoms with Gasteiger partial charge in [-0.15, -0.1) is 0 Å². The lowest BCUT2D eigenvalue weighted by molar-refractivity contribution is -0.129. The van der Waals surface area contributed by atoms with E-state index in [1.165, 1.54) is 6.07 Å². The molecule has 1 fully saturated rings. The fraction of sp³-hybridized carbons (Fsp3) is 0.571. The second kappa shape index (κ2) is 5.66. The van der Waals surface area contributed by atoms with Crippen LogP contribution in [0.2, 0.25) is 0 Å². The molecule has 1 amide bonds. The number of hydrogen-bond acceptors (Lipinski definition) is 4. The first kappa shape index (κ1) is 14.6. The zero-order chi connectivity index (χ0) is 14.8. The Labute approximate surface area is 118 Å². The summed E-state index contributed by atoms with van der Waals surface area (Å²) in [5.41, 5.74) is 5.90. The van der Waals surface area contributed by atoms with Gasteiger partial charge in [0.15, 0.2) is 0 Å². The van der Waals surface area contributed by atoms with Gasteiger partial charge in [0.25, 0.3) is 5.56 Å².